The Morgan fingerprint density at radius 1 is 1.33 bits per heavy atom. The highest BCUT2D eigenvalue weighted by atomic mass is 35.5. The normalized spacial score (nSPS) is 11.3. The maximum Gasteiger partial charge on any atom is 0.124 e. The lowest BCUT2D eigenvalue weighted by molar-refractivity contribution is 0.631. The highest BCUT2D eigenvalue weighted by Crippen LogP contribution is 2.25. The number of rotatable bonds is 6. The molecule has 2 rings (SSSR count). The first-order chi connectivity index (χ1) is 8.77. The molecule has 0 bridgehead atoms. The van der Waals surface area contributed by atoms with Crippen molar-refractivity contribution < 1.29 is 0 Å². The van der Waals surface area contributed by atoms with Crippen LogP contribution in [-0.2, 0) is 12.4 Å². The van der Waals surface area contributed by atoms with Gasteiger partial charge in [0.2, 0.25) is 0 Å². The van der Waals surface area contributed by atoms with Gasteiger partial charge in [-0.2, -0.15) is 11.8 Å². The van der Waals surface area contributed by atoms with Crippen molar-refractivity contribution in [1.29, 1.82) is 0 Å². The monoisotopic (exact) mass is 302 g/mol. The number of halogens is 2. The van der Waals surface area contributed by atoms with Gasteiger partial charge in [-0.25, -0.2) is 4.98 Å². The second-order valence-corrected chi connectivity index (χ2v) is 5.78. The SMILES string of the molecule is CSCCCCn1c(CCl)nc2cccc(Cl)c21. The summed E-state index contributed by atoms with van der Waals surface area (Å²) < 4.78 is 2.16. The molecule has 98 valence electrons. The van der Waals surface area contributed by atoms with E-state index in [1.54, 1.807) is 0 Å². The van der Waals surface area contributed by atoms with E-state index in [4.69, 9.17) is 23.2 Å². The first-order valence-corrected chi connectivity index (χ1v) is 8.27. The smallest absolute Gasteiger partial charge is 0.124 e. The Labute approximate surface area is 122 Å². The summed E-state index contributed by atoms with van der Waals surface area (Å²) in [6.07, 6.45) is 4.46. The number of unbranched alkanes of at least 4 members (excludes halogenated alkanes) is 1. The number of thioether (sulfide) groups is 1. The average molecular weight is 303 g/mol. The Morgan fingerprint density at radius 3 is 2.89 bits per heavy atom. The minimum atomic E-state index is 0.424. The summed E-state index contributed by atoms with van der Waals surface area (Å²) in [7, 11) is 0. The van der Waals surface area contributed by atoms with Crippen LogP contribution in [0.15, 0.2) is 18.2 Å². The molecule has 0 aliphatic carbocycles. The minimum absolute atomic E-state index is 0.424. The van der Waals surface area contributed by atoms with Crippen LogP contribution in [0.3, 0.4) is 0 Å². The third-order valence-electron chi connectivity index (χ3n) is 2.90. The molecular weight excluding hydrogens is 287 g/mol. The molecule has 0 aliphatic rings. The predicted octanol–water partition coefficient (Wildman–Crippen LogP) is 4.57. The zero-order chi connectivity index (χ0) is 13.0. The van der Waals surface area contributed by atoms with E-state index in [2.05, 4.69) is 15.8 Å². The topological polar surface area (TPSA) is 17.8 Å². The second-order valence-electron chi connectivity index (χ2n) is 4.12. The quantitative estimate of drug-likeness (QED) is 0.574. The van der Waals surface area contributed by atoms with Crippen LogP contribution >= 0.6 is 35.0 Å². The molecule has 18 heavy (non-hydrogen) atoms. The van der Waals surface area contributed by atoms with Gasteiger partial charge in [0.15, 0.2) is 0 Å². The van der Waals surface area contributed by atoms with E-state index in [0.717, 1.165) is 34.8 Å². The number of alkyl halides is 1. The number of imidazole rings is 1. The summed E-state index contributed by atoms with van der Waals surface area (Å²) in [4.78, 5) is 4.53. The highest BCUT2D eigenvalue weighted by Gasteiger charge is 2.11. The van der Waals surface area contributed by atoms with Crippen molar-refractivity contribution in [3.05, 3.63) is 29.0 Å². The standard InChI is InChI=1S/C13H16Cl2N2S/c1-18-8-3-2-7-17-12(9-14)16-11-6-4-5-10(15)13(11)17/h4-6H,2-3,7-9H2,1H3. The van der Waals surface area contributed by atoms with Crippen LogP contribution in [-0.4, -0.2) is 21.6 Å². The maximum atomic E-state index is 6.26. The summed E-state index contributed by atoms with van der Waals surface area (Å²) in [6, 6.07) is 5.81. The van der Waals surface area contributed by atoms with E-state index in [0.29, 0.717) is 5.88 Å². The molecule has 1 heterocycles. The Balaban J connectivity index is 2.28. The van der Waals surface area contributed by atoms with Crippen molar-refractivity contribution in [3.8, 4) is 0 Å². The number of fused-ring (bicyclic) bond motifs is 1. The van der Waals surface area contributed by atoms with Crippen LogP contribution in [0.25, 0.3) is 11.0 Å². The van der Waals surface area contributed by atoms with Crippen molar-refractivity contribution in [2.24, 2.45) is 0 Å². The fourth-order valence-corrected chi connectivity index (χ4v) is 3.02. The lowest BCUT2D eigenvalue weighted by Crippen LogP contribution is -2.03. The molecule has 0 aliphatic heterocycles. The highest BCUT2D eigenvalue weighted by molar-refractivity contribution is 7.98. The second kappa shape index (κ2) is 6.69. The maximum absolute atomic E-state index is 6.26. The van der Waals surface area contributed by atoms with Gasteiger partial charge in [-0.05, 0) is 37.0 Å². The molecule has 0 saturated carbocycles. The Kier molecular flexibility index (Phi) is 5.22. The molecule has 1 aromatic heterocycles. The van der Waals surface area contributed by atoms with Gasteiger partial charge in [0, 0.05) is 6.54 Å². The van der Waals surface area contributed by atoms with Gasteiger partial charge in [0.1, 0.15) is 5.82 Å². The number of hydrogen-bond donors (Lipinski definition) is 0. The van der Waals surface area contributed by atoms with Crippen LogP contribution in [0.2, 0.25) is 5.02 Å². The summed E-state index contributed by atoms with van der Waals surface area (Å²) in [5.74, 6) is 2.52. The van der Waals surface area contributed by atoms with E-state index in [1.165, 1.54) is 12.2 Å². The van der Waals surface area contributed by atoms with E-state index >= 15 is 0 Å². The number of benzene rings is 1. The number of aryl methyl sites for hydroxylation is 1. The summed E-state index contributed by atoms with van der Waals surface area (Å²) in [6.45, 7) is 0.933. The molecule has 1 aromatic carbocycles. The van der Waals surface area contributed by atoms with Gasteiger partial charge in [-0.1, -0.05) is 17.7 Å². The average Bonchev–Trinajstić information content (AvgIpc) is 2.74. The molecule has 2 nitrogen and oxygen atoms in total. The third kappa shape index (κ3) is 2.95. The summed E-state index contributed by atoms with van der Waals surface area (Å²) >= 11 is 14.1. The van der Waals surface area contributed by atoms with E-state index in [9.17, 15) is 0 Å². The molecule has 0 unspecified atom stereocenters. The predicted molar refractivity (Wildman–Crippen MR) is 81.9 cm³/mol. The molecule has 0 amide bonds. The van der Waals surface area contributed by atoms with Gasteiger partial charge in [-0.15, -0.1) is 11.6 Å². The molecule has 0 atom stereocenters. The van der Waals surface area contributed by atoms with Crippen LogP contribution in [0, 0.1) is 0 Å². The minimum Gasteiger partial charge on any atom is -0.326 e. The van der Waals surface area contributed by atoms with Crippen LogP contribution in [0.5, 0.6) is 0 Å². The Hall–Kier alpha value is -0.380. The largest absolute Gasteiger partial charge is 0.326 e. The Morgan fingerprint density at radius 2 is 2.17 bits per heavy atom. The van der Waals surface area contributed by atoms with Gasteiger partial charge < -0.3 is 4.57 Å². The number of para-hydroxylation sites is 1. The summed E-state index contributed by atoms with van der Waals surface area (Å²) in [5, 5.41) is 0.751. The van der Waals surface area contributed by atoms with Crippen LogP contribution < -0.4 is 0 Å². The number of nitrogens with zero attached hydrogens (tertiary/aromatic N) is 2. The van der Waals surface area contributed by atoms with Gasteiger partial charge in [-0.3, -0.25) is 0 Å². The van der Waals surface area contributed by atoms with E-state index in [-0.39, 0.29) is 0 Å². The molecule has 0 N–H and O–H groups in total. The molecule has 2 aromatic rings. The lowest BCUT2D eigenvalue weighted by Gasteiger charge is -2.08. The van der Waals surface area contributed by atoms with Gasteiger partial charge in [0.05, 0.1) is 21.9 Å². The fourth-order valence-electron chi connectivity index (χ4n) is 2.05. The Bertz CT molecular complexity index is 525. The summed E-state index contributed by atoms with van der Waals surface area (Å²) in [5.41, 5.74) is 1.95. The van der Waals surface area contributed by atoms with Crippen molar-refractivity contribution >= 4 is 46.0 Å². The van der Waals surface area contributed by atoms with E-state index in [1.807, 2.05) is 30.0 Å². The molecule has 0 spiro atoms. The lowest BCUT2D eigenvalue weighted by atomic mass is 10.3. The van der Waals surface area contributed by atoms with Gasteiger partial charge >= 0.3 is 0 Å². The molecular formula is C13H16Cl2N2S. The molecule has 0 fully saturated rings. The first kappa shape index (κ1) is 14.0. The zero-order valence-corrected chi connectivity index (χ0v) is 12.7. The molecule has 5 heteroatoms. The van der Waals surface area contributed by atoms with E-state index < -0.39 is 0 Å². The fraction of sp³-hybridized carbons (Fsp3) is 0.462. The third-order valence-corrected chi connectivity index (χ3v) is 4.14. The van der Waals surface area contributed by atoms with Crippen molar-refractivity contribution in [2.45, 2.75) is 25.3 Å². The van der Waals surface area contributed by atoms with Gasteiger partial charge in [0.25, 0.3) is 0 Å². The van der Waals surface area contributed by atoms with Crippen molar-refractivity contribution in [3.63, 3.8) is 0 Å². The molecule has 0 radical (unpaired) electrons. The van der Waals surface area contributed by atoms with Crippen molar-refractivity contribution in [2.75, 3.05) is 12.0 Å². The molecule has 0 saturated heterocycles. The van der Waals surface area contributed by atoms with Crippen LogP contribution in [0.4, 0.5) is 0 Å². The van der Waals surface area contributed by atoms with Crippen LogP contribution in [0.1, 0.15) is 18.7 Å². The number of hydrogen-bond acceptors (Lipinski definition) is 2. The zero-order valence-electron chi connectivity index (χ0n) is 10.3. The number of aromatic nitrogens is 2. The first-order valence-electron chi connectivity index (χ1n) is 5.96. The van der Waals surface area contributed by atoms with Crippen molar-refractivity contribution in [1.82, 2.24) is 9.55 Å².